The summed E-state index contributed by atoms with van der Waals surface area (Å²) in [5.41, 5.74) is 0. The quantitative estimate of drug-likeness (QED) is 0.715. The minimum absolute atomic E-state index is 0.110. The van der Waals surface area contributed by atoms with Crippen molar-refractivity contribution in [2.45, 2.75) is 26.7 Å². The second kappa shape index (κ2) is 6.23. The minimum Gasteiger partial charge on any atom is -0.494 e. The average molecular weight is 206 g/mol. The van der Waals surface area contributed by atoms with E-state index < -0.39 is 0 Å². The molecular formula is C13H18O2. The van der Waals surface area contributed by atoms with E-state index in [-0.39, 0.29) is 5.92 Å². The topological polar surface area (TPSA) is 26.3 Å². The molecule has 0 aliphatic rings. The molecule has 1 unspecified atom stereocenters. The lowest BCUT2D eigenvalue weighted by molar-refractivity contribution is -0.122. The van der Waals surface area contributed by atoms with E-state index in [1.165, 1.54) is 0 Å². The van der Waals surface area contributed by atoms with Crippen molar-refractivity contribution in [3.05, 3.63) is 30.3 Å². The van der Waals surface area contributed by atoms with Gasteiger partial charge in [-0.3, -0.25) is 4.79 Å². The number of para-hydroxylation sites is 1. The zero-order valence-corrected chi connectivity index (χ0v) is 9.40. The standard InChI is InChI=1S/C13H18O2/c1-3-13(14)11(2)9-10-15-12-7-5-4-6-8-12/h4-8,11H,3,9-10H2,1-2H3. The van der Waals surface area contributed by atoms with Crippen molar-refractivity contribution >= 4 is 5.78 Å². The highest BCUT2D eigenvalue weighted by Crippen LogP contribution is 2.11. The zero-order valence-electron chi connectivity index (χ0n) is 9.40. The lowest BCUT2D eigenvalue weighted by atomic mass is 10.0. The highest BCUT2D eigenvalue weighted by molar-refractivity contribution is 5.80. The Labute approximate surface area is 91.3 Å². The lowest BCUT2D eigenvalue weighted by Gasteiger charge is -2.10. The Morgan fingerprint density at radius 2 is 2.00 bits per heavy atom. The summed E-state index contributed by atoms with van der Waals surface area (Å²) in [7, 11) is 0. The molecule has 0 amide bonds. The van der Waals surface area contributed by atoms with Crippen molar-refractivity contribution in [3.63, 3.8) is 0 Å². The molecule has 0 bridgehead atoms. The molecule has 0 heterocycles. The third-order valence-electron chi connectivity index (χ3n) is 2.46. The second-order valence-corrected chi connectivity index (χ2v) is 3.67. The van der Waals surface area contributed by atoms with Gasteiger partial charge in [-0.15, -0.1) is 0 Å². The summed E-state index contributed by atoms with van der Waals surface area (Å²) in [5, 5.41) is 0. The van der Waals surface area contributed by atoms with Crippen LogP contribution in [-0.2, 0) is 4.79 Å². The lowest BCUT2D eigenvalue weighted by Crippen LogP contribution is -2.13. The number of carbonyl (C=O) groups excluding carboxylic acids is 1. The first-order valence-corrected chi connectivity index (χ1v) is 5.44. The largest absolute Gasteiger partial charge is 0.494 e. The maximum absolute atomic E-state index is 11.3. The Morgan fingerprint density at radius 3 is 2.60 bits per heavy atom. The molecule has 1 rings (SSSR count). The minimum atomic E-state index is 0.110. The van der Waals surface area contributed by atoms with Gasteiger partial charge in [0.05, 0.1) is 6.61 Å². The van der Waals surface area contributed by atoms with Crippen molar-refractivity contribution in [2.24, 2.45) is 5.92 Å². The molecule has 1 aromatic rings. The number of carbonyl (C=O) groups is 1. The molecule has 0 aliphatic heterocycles. The van der Waals surface area contributed by atoms with Gasteiger partial charge in [-0.2, -0.15) is 0 Å². The maximum Gasteiger partial charge on any atom is 0.135 e. The van der Waals surface area contributed by atoms with Crippen LogP contribution in [-0.4, -0.2) is 12.4 Å². The van der Waals surface area contributed by atoms with Crippen LogP contribution in [0.25, 0.3) is 0 Å². The van der Waals surface area contributed by atoms with E-state index in [1.54, 1.807) is 0 Å². The smallest absolute Gasteiger partial charge is 0.135 e. The van der Waals surface area contributed by atoms with E-state index in [0.717, 1.165) is 12.2 Å². The van der Waals surface area contributed by atoms with Crippen LogP contribution in [0.2, 0.25) is 0 Å². The van der Waals surface area contributed by atoms with Gasteiger partial charge in [-0.1, -0.05) is 32.0 Å². The number of benzene rings is 1. The van der Waals surface area contributed by atoms with Gasteiger partial charge in [0.15, 0.2) is 0 Å². The molecule has 0 saturated carbocycles. The third-order valence-corrected chi connectivity index (χ3v) is 2.46. The molecule has 1 atom stereocenters. The molecule has 82 valence electrons. The summed E-state index contributed by atoms with van der Waals surface area (Å²) in [6.07, 6.45) is 1.41. The van der Waals surface area contributed by atoms with E-state index >= 15 is 0 Å². The van der Waals surface area contributed by atoms with Gasteiger partial charge >= 0.3 is 0 Å². The Balaban J connectivity index is 2.25. The summed E-state index contributed by atoms with van der Waals surface area (Å²) in [6, 6.07) is 9.68. The summed E-state index contributed by atoms with van der Waals surface area (Å²) < 4.78 is 5.52. The van der Waals surface area contributed by atoms with E-state index in [1.807, 2.05) is 44.2 Å². The summed E-state index contributed by atoms with van der Waals surface area (Å²) in [6.45, 7) is 4.47. The maximum atomic E-state index is 11.3. The van der Waals surface area contributed by atoms with Crippen molar-refractivity contribution < 1.29 is 9.53 Å². The molecule has 0 N–H and O–H groups in total. The predicted octanol–water partition coefficient (Wildman–Crippen LogP) is 3.07. The summed E-state index contributed by atoms with van der Waals surface area (Å²) in [5.74, 6) is 1.29. The van der Waals surface area contributed by atoms with Gasteiger partial charge < -0.3 is 4.74 Å². The Hall–Kier alpha value is -1.31. The van der Waals surface area contributed by atoms with Gasteiger partial charge in [0.2, 0.25) is 0 Å². The average Bonchev–Trinajstić information content (AvgIpc) is 2.29. The number of rotatable bonds is 6. The fourth-order valence-corrected chi connectivity index (χ4v) is 1.38. The van der Waals surface area contributed by atoms with Crippen LogP contribution < -0.4 is 4.74 Å². The van der Waals surface area contributed by atoms with E-state index in [2.05, 4.69) is 0 Å². The Bertz CT molecular complexity index is 293. The summed E-state index contributed by atoms with van der Waals surface area (Å²) >= 11 is 0. The first-order valence-electron chi connectivity index (χ1n) is 5.44. The van der Waals surface area contributed by atoms with Crippen LogP contribution in [0.5, 0.6) is 5.75 Å². The number of ketones is 1. The fourth-order valence-electron chi connectivity index (χ4n) is 1.38. The normalized spacial score (nSPS) is 12.1. The molecular weight excluding hydrogens is 188 g/mol. The van der Waals surface area contributed by atoms with Crippen LogP contribution in [0.3, 0.4) is 0 Å². The van der Waals surface area contributed by atoms with Crippen molar-refractivity contribution in [2.75, 3.05) is 6.61 Å². The second-order valence-electron chi connectivity index (χ2n) is 3.67. The highest BCUT2D eigenvalue weighted by atomic mass is 16.5. The van der Waals surface area contributed by atoms with Gasteiger partial charge in [-0.05, 0) is 18.6 Å². The van der Waals surface area contributed by atoms with Gasteiger partial charge in [0.1, 0.15) is 11.5 Å². The SMILES string of the molecule is CCC(=O)C(C)CCOc1ccccc1. The van der Waals surface area contributed by atoms with Gasteiger partial charge in [0, 0.05) is 12.3 Å². The number of hydrogen-bond acceptors (Lipinski definition) is 2. The molecule has 0 aromatic heterocycles. The monoisotopic (exact) mass is 206 g/mol. The van der Waals surface area contributed by atoms with Crippen LogP contribution >= 0.6 is 0 Å². The molecule has 0 fully saturated rings. The molecule has 0 spiro atoms. The first kappa shape index (κ1) is 11.8. The molecule has 2 nitrogen and oxygen atoms in total. The van der Waals surface area contributed by atoms with Crippen LogP contribution in [0.15, 0.2) is 30.3 Å². The first-order chi connectivity index (χ1) is 7.24. The van der Waals surface area contributed by atoms with Crippen LogP contribution in [0.1, 0.15) is 26.7 Å². The molecule has 0 aliphatic carbocycles. The molecule has 1 aromatic carbocycles. The third kappa shape index (κ3) is 4.15. The van der Waals surface area contributed by atoms with E-state index in [4.69, 9.17) is 4.74 Å². The van der Waals surface area contributed by atoms with Crippen LogP contribution in [0, 0.1) is 5.92 Å². The van der Waals surface area contributed by atoms with Crippen molar-refractivity contribution in [3.8, 4) is 5.75 Å². The van der Waals surface area contributed by atoms with Gasteiger partial charge in [0.25, 0.3) is 0 Å². The van der Waals surface area contributed by atoms with Crippen LogP contribution in [0.4, 0.5) is 0 Å². The molecule has 2 heteroatoms. The van der Waals surface area contributed by atoms with Gasteiger partial charge in [-0.25, -0.2) is 0 Å². The van der Waals surface area contributed by atoms with E-state index in [9.17, 15) is 4.79 Å². The zero-order chi connectivity index (χ0) is 11.1. The number of Topliss-reactive ketones (excluding diaryl/α,β-unsaturated/α-hetero) is 1. The van der Waals surface area contributed by atoms with Crippen molar-refractivity contribution in [1.29, 1.82) is 0 Å². The van der Waals surface area contributed by atoms with E-state index in [0.29, 0.717) is 18.8 Å². The molecule has 15 heavy (non-hydrogen) atoms. The number of hydrogen-bond donors (Lipinski definition) is 0. The molecule has 0 saturated heterocycles. The van der Waals surface area contributed by atoms with Crippen molar-refractivity contribution in [1.82, 2.24) is 0 Å². The molecule has 0 radical (unpaired) electrons. The number of ether oxygens (including phenoxy) is 1. The Kier molecular flexibility index (Phi) is 4.88. The highest BCUT2D eigenvalue weighted by Gasteiger charge is 2.10. The fraction of sp³-hybridized carbons (Fsp3) is 0.462. The Morgan fingerprint density at radius 1 is 1.33 bits per heavy atom. The predicted molar refractivity (Wildman–Crippen MR) is 61.0 cm³/mol. The summed E-state index contributed by atoms with van der Waals surface area (Å²) in [4.78, 5) is 11.3.